The molecule has 0 saturated carbocycles. The number of rotatable bonds is 1. The minimum atomic E-state index is -0.889. The third-order valence-corrected chi connectivity index (χ3v) is 2.99. The smallest absolute Gasteiger partial charge is 0.335 e. The molecule has 82 valence electrons. The molecule has 1 N–H and O–H groups in total. The van der Waals surface area contributed by atoms with Gasteiger partial charge in [-0.1, -0.05) is 42.5 Å². The van der Waals surface area contributed by atoms with Crippen LogP contribution in [0.3, 0.4) is 0 Å². The first-order valence-corrected chi connectivity index (χ1v) is 5.40. The standard InChI is InChI=1S/C15H10O2/c16-15(17)12-8-7-11-6-5-10-3-1-2-4-13(10)14(11)9-12/h1-9H,(H,16,17). The number of carboxylic acid groups (broad SMARTS) is 1. The molecule has 0 unspecified atom stereocenters. The second-order valence-corrected chi connectivity index (χ2v) is 4.03. The number of hydrogen-bond acceptors (Lipinski definition) is 1. The van der Waals surface area contributed by atoms with Crippen LogP contribution in [0.2, 0.25) is 0 Å². The summed E-state index contributed by atoms with van der Waals surface area (Å²) < 4.78 is 0. The van der Waals surface area contributed by atoms with Crippen LogP contribution in [0.15, 0.2) is 54.6 Å². The third-order valence-electron chi connectivity index (χ3n) is 2.99. The fourth-order valence-corrected chi connectivity index (χ4v) is 2.14. The molecule has 0 amide bonds. The minimum Gasteiger partial charge on any atom is -0.478 e. The first-order valence-electron chi connectivity index (χ1n) is 5.40. The molecule has 17 heavy (non-hydrogen) atoms. The maximum absolute atomic E-state index is 11.0. The SMILES string of the molecule is O=C(O)c1ccc2ccc3ccccc3c2c1. The lowest BCUT2D eigenvalue weighted by Crippen LogP contribution is -1.95. The van der Waals surface area contributed by atoms with Crippen molar-refractivity contribution in [2.75, 3.05) is 0 Å². The summed E-state index contributed by atoms with van der Waals surface area (Å²) in [5.74, 6) is -0.889. The van der Waals surface area contributed by atoms with Crippen molar-refractivity contribution in [1.29, 1.82) is 0 Å². The van der Waals surface area contributed by atoms with Gasteiger partial charge in [-0.25, -0.2) is 4.79 Å². The summed E-state index contributed by atoms with van der Waals surface area (Å²) in [7, 11) is 0. The highest BCUT2D eigenvalue weighted by atomic mass is 16.4. The van der Waals surface area contributed by atoms with Gasteiger partial charge < -0.3 is 5.11 Å². The molecule has 3 rings (SSSR count). The van der Waals surface area contributed by atoms with Crippen LogP contribution in [0.25, 0.3) is 21.5 Å². The molecule has 0 atom stereocenters. The van der Waals surface area contributed by atoms with Crippen LogP contribution in [0, 0.1) is 0 Å². The Labute approximate surface area is 98.1 Å². The average molecular weight is 222 g/mol. The van der Waals surface area contributed by atoms with Crippen LogP contribution in [0.4, 0.5) is 0 Å². The molecule has 0 saturated heterocycles. The number of carbonyl (C=O) groups is 1. The molecular weight excluding hydrogens is 212 g/mol. The largest absolute Gasteiger partial charge is 0.478 e. The van der Waals surface area contributed by atoms with Gasteiger partial charge >= 0.3 is 5.97 Å². The lowest BCUT2D eigenvalue weighted by atomic mass is 10.0. The predicted octanol–water partition coefficient (Wildman–Crippen LogP) is 3.69. The fraction of sp³-hybridized carbons (Fsp3) is 0. The molecule has 3 aromatic rings. The van der Waals surface area contributed by atoms with Crippen LogP contribution in [-0.2, 0) is 0 Å². The number of carboxylic acids is 1. The van der Waals surface area contributed by atoms with Crippen LogP contribution < -0.4 is 0 Å². The van der Waals surface area contributed by atoms with Crippen LogP contribution in [0.1, 0.15) is 10.4 Å². The summed E-state index contributed by atoms with van der Waals surface area (Å²) in [5, 5.41) is 13.3. The molecule has 0 aliphatic carbocycles. The molecule has 0 heterocycles. The highest BCUT2D eigenvalue weighted by Gasteiger charge is 2.05. The van der Waals surface area contributed by atoms with E-state index in [0.29, 0.717) is 5.56 Å². The Kier molecular flexibility index (Phi) is 2.08. The summed E-state index contributed by atoms with van der Waals surface area (Å²) in [5.41, 5.74) is 0.328. The molecule has 0 bridgehead atoms. The van der Waals surface area contributed by atoms with Crippen molar-refractivity contribution in [2.45, 2.75) is 0 Å². The van der Waals surface area contributed by atoms with E-state index in [1.165, 1.54) is 0 Å². The second-order valence-electron chi connectivity index (χ2n) is 4.03. The lowest BCUT2D eigenvalue weighted by Gasteiger charge is -2.04. The van der Waals surface area contributed by atoms with Crippen LogP contribution in [0.5, 0.6) is 0 Å². The number of aromatic carboxylic acids is 1. The zero-order valence-corrected chi connectivity index (χ0v) is 9.05. The van der Waals surface area contributed by atoms with E-state index in [1.807, 2.05) is 36.4 Å². The zero-order valence-electron chi connectivity index (χ0n) is 9.05. The maximum Gasteiger partial charge on any atom is 0.335 e. The monoisotopic (exact) mass is 222 g/mol. The first-order chi connectivity index (χ1) is 8.25. The van der Waals surface area contributed by atoms with E-state index < -0.39 is 5.97 Å². The Bertz CT molecular complexity index is 729. The number of hydrogen-bond donors (Lipinski definition) is 1. The fourth-order valence-electron chi connectivity index (χ4n) is 2.14. The van der Waals surface area contributed by atoms with E-state index in [1.54, 1.807) is 12.1 Å². The Balaban J connectivity index is 2.46. The van der Waals surface area contributed by atoms with Gasteiger partial charge in [0.05, 0.1) is 5.56 Å². The van der Waals surface area contributed by atoms with Crippen molar-refractivity contribution >= 4 is 27.5 Å². The van der Waals surface area contributed by atoms with Crippen molar-refractivity contribution in [3.05, 3.63) is 60.2 Å². The Morgan fingerprint density at radius 1 is 0.824 bits per heavy atom. The predicted molar refractivity (Wildman–Crippen MR) is 68.4 cm³/mol. The average Bonchev–Trinajstić information content (AvgIpc) is 2.38. The van der Waals surface area contributed by atoms with Gasteiger partial charge in [0.25, 0.3) is 0 Å². The van der Waals surface area contributed by atoms with E-state index in [2.05, 4.69) is 6.07 Å². The molecule has 3 aromatic carbocycles. The van der Waals surface area contributed by atoms with E-state index >= 15 is 0 Å². The van der Waals surface area contributed by atoms with Gasteiger partial charge in [-0.3, -0.25) is 0 Å². The van der Waals surface area contributed by atoms with Crippen molar-refractivity contribution in [1.82, 2.24) is 0 Å². The van der Waals surface area contributed by atoms with Gasteiger partial charge in [-0.15, -0.1) is 0 Å². The van der Waals surface area contributed by atoms with Crippen molar-refractivity contribution < 1.29 is 9.90 Å². The summed E-state index contributed by atoms with van der Waals surface area (Å²) in [4.78, 5) is 11.0. The highest BCUT2D eigenvalue weighted by molar-refractivity contribution is 6.09. The summed E-state index contributed by atoms with van der Waals surface area (Å²) in [6.07, 6.45) is 0. The molecule has 0 aliphatic rings. The molecule has 0 aromatic heterocycles. The van der Waals surface area contributed by atoms with E-state index in [4.69, 9.17) is 5.11 Å². The van der Waals surface area contributed by atoms with Crippen molar-refractivity contribution in [2.24, 2.45) is 0 Å². The first kappa shape index (κ1) is 9.85. The van der Waals surface area contributed by atoms with Gasteiger partial charge in [0.2, 0.25) is 0 Å². The summed E-state index contributed by atoms with van der Waals surface area (Å²) >= 11 is 0. The van der Waals surface area contributed by atoms with Gasteiger partial charge in [0.1, 0.15) is 0 Å². The number of benzene rings is 3. The van der Waals surface area contributed by atoms with Crippen molar-refractivity contribution in [3.63, 3.8) is 0 Å². The molecule has 0 radical (unpaired) electrons. The Hall–Kier alpha value is -2.35. The zero-order chi connectivity index (χ0) is 11.8. The van der Waals surface area contributed by atoms with E-state index in [-0.39, 0.29) is 0 Å². The van der Waals surface area contributed by atoms with Crippen LogP contribution >= 0.6 is 0 Å². The molecule has 0 aliphatic heterocycles. The lowest BCUT2D eigenvalue weighted by molar-refractivity contribution is 0.0697. The second kappa shape index (κ2) is 3.59. The summed E-state index contributed by atoms with van der Waals surface area (Å²) in [6, 6.07) is 17.3. The molecule has 0 fully saturated rings. The minimum absolute atomic E-state index is 0.328. The Morgan fingerprint density at radius 2 is 1.47 bits per heavy atom. The normalized spacial score (nSPS) is 10.8. The molecular formula is C15H10O2. The maximum atomic E-state index is 11.0. The molecule has 2 nitrogen and oxygen atoms in total. The number of fused-ring (bicyclic) bond motifs is 3. The quantitative estimate of drug-likeness (QED) is 0.637. The van der Waals surface area contributed by atoms with E-state index in [9.17, 15) is 4.79 Å². The molecule has 0 spiro atoms. The van der Waals surface area contributed by atoms with Crippen molar-refractivity contribution in [3.8, 4) is 0 Å². The highest BCUT2D eigenvalue weighted by Crippen LogP contribution is 2.26. The van der Waals surface area contributed by atoms with Gasteiger partial charge in [0, 0.05) is 0 Å². The van der Waals surface area contributed by atoms with E-state index in [0.717, 1.165) is 21.5 Å². The van der Waals surface area contributed by atoms with Gasteiger partial charge in [0.15, 0.2) is 0 Å². The third kappa shape index (κ3) is 1.54. The molecule has 2 heteroatoms. The summed E-state index contributed by atoms with van der Waals surface area (Å²) in [6.45, 7) is 0. The van der Waals surface area contributed by atoms with Gasteiger partial charge in [-0.05, 0) is 33.7 Å². The van der Waals surface area contributed by atoms with Crippen LogP contribution in [-0.4, -0.2) is 11.1 Å². The topological polar surface area (TPSA) is 37.3 Å². The Morgan fingerprint density at radius 3 is 2.24 bits per heavy atom. The van der Waals surface area contributed by atoms with Gasteiger partial charge in [-0.2, -0.15) is 0 Å².